The fourth-order valence-corrected chi connectivity index (χ4v) is 5.58. The predicted molar refractivity (Wildman–Crippen MR) is 128 cm³/mol. The lowest BCUT2D eigenvalue weighted by Crippen LogP contribution is -2.47. The van der Waals surface area contributed by atoms with Crippen molar-refractivity contribution in [2.24, 2.45) is 5.92 Å². The number of rotatable bonds is 4. The van der Waals surface area contributed by atoms with Gasteiger partial charge in [0.15, 0.2) is 0 Å². The van der Waals surface area contributed by atoms with Crippen molar-refractivity contribution in [1.82, 2.24) is 19.8 Å². The van der Waals surface area contributed by atoms with Crippen molar-refractivity contribution >= 4 is 11.9 Å². The molecule has 1 N–H and O–H groups in total. The summed E-state index contributed by atoms with van der Waals surface area (Å²) >= 11 is 0. The lowest BCUT2D eigenvalue weighted by Gasteiger charge is -2.40. The molecule has 0 saturated carbocycles. The van der Waals surface area contributed by atoms with Gasteiger partial charge in [0.25, 0.3) is 0 Å². The number of piperidine rings is 1. The summed E-state index contributed by atoms with van der Waals surface area (Å²) < 4.78 is 5.46. The van der Waals surface area contributed by atoms with Crippen molar-refractivity contribution in [3.8, 4) is 0 Å². The van der Waals surface area contributed by atoms with Crippen LogP contribution >= 0.6 is 0 Å². The molecule has 2 fully saturated rings. The lowest BCUT2D eigenvalue weighted by atomic mass is 9.79. The molecule has 0 radical (unpaired) electrons. The molecule has 3 aliphatic heterocycles. The van der Waals surface area contributed by atoms with Gasteiger partial charge in [-0.1, -0.05) is 37.3 Å². The highest BCUT2D eigenvalue weighted by atomic mass is 16.5. The molecule has 2 saturated heterocycles. The zero-order chi connectivity index (χ0) is 22.8. The van der Waals surface area contributed by atoms with E-state index in [9.17, 15) is 4.79 Å². The monoisotopic (exact) mass is 449 g/mol. The number of hydrogen-bond donors (Lipinski definition) is 1. The summed E-state index contributed by atoms with van der Waals surface area (Å²) in [4.78, 5) is 27.7. The third kappa shape index (κ3) is 4.89. The van der Waals surface area contributed by atoms with Crippen LogP contribution in [0.2, 0.25) is 0 Å². The van der Waals surface area contributed by atoms with Crippen molar-refractivity contribution in [3.05, 3.63) is 53.3 Å². The second kappa shape index (κ2) is 9.77. The minimum atomic E-state index is 0.0130. The van der Waals surface area contributed by atoms with Gasteiger partial charge in [0.1, 0.15) is 0 Å². The molecule has 2 aromatic rings. The average molecular weight is 450 g/mol. The number of fused-ring (bicyclic) bond motifs is 1. The number of anilines is 1. The van der Waals surface area contributed by atoms with Crippen LogP contribution in [0.25, 0.3) is 0 Å². The molecule has 5 rings (SSSR count). The van der Waals surface area contributed by atoms with Crippen LogP contribution < -0.4 is 5.32 Å². The summed E-state index contributed by atoms with van der Waals surface area (Å²) in [5.41, 5.74) is 3.41. The molecule has 3 aliphatic rings. The fourth-order valence-electron chi connectivity index (χ4n) is 5.58. The van der Waals surface area contributed by atoms with Gasteiger partial charge >= 0.3 is 0 Å². The maximum Gasteiger partial charge on any atom is 0.226 e. The molecule has 176 valence electrons. The summed E-state index contributed by atoms with van der Waals surface area (Å²) in [5.74, 6) is 1.41. The number of benzene rings is 1. The molecule has 3 atom stereocenters. The quantitative estimate of drug-likeness (QED) is 0.773. The number of hydrogen-bond acceptors (Lipinski definition) is 6. The molecule has 7 heteroatoms. The Morgan fingerprint density at radius 3 is 2.70 bits per heavy atom. The van der Waals surface area contributed by atoms with Gasteiger partial charge in [-0.25, -0.2) is 9.97 Å². The zero-order valence-electron chi connectivity index (χ0n) is 19.7. The molecule has 0 spiro atoms. The number of aromatic nitrogens is 2. The number of nitrogens with zero attached hydrogens (tertiary/aromatic N) is 4. The third-order valence-electron chi connectivity index (χ3n) is 7.49. The normalized spacial score (nSPS) is 26.6. The van der Waals surface area contributed by atoms with Gasteiger partial charge in [0.2, 0.25) is 11.9 Å². The Hall–Kier alpha value is -2.51. The molecule has 7 nitrogen and oxygen atoms in total. The molecule has 1 aromatic heterocycles. The Morgan fingerprint density at radius 2 is 1.91 bits per heavy atom. The van der Waals surface area contributed by atoms with E-state index in [1.807, 2.05) is 17.2 Å². The number of ether oxygens (including phenoxy) is 1. The van der Waals surface area contributed by atoms with Gasteiger partial charge in [-0.15, -0.1) is 0 Å². The van der Waals surface area contributed by atoms with E-state index in [1.54, 1.807) is 0 Å². The van der Waals surface area contributed by atoms with E-state index >= 15 is 0 Å². The minimum absolute atomic E-state index is 0.0130. The Kier molecular flexibility index (Phi) is 6.60. The maximum atomic E-state index is 13.8. The maximum absolute atomic E-state index is 13.8. The number of likely N-dealkylation sites (N-methyl/N-ethyl adjacent to an activating group) is 1. The lowest BCUT2D eigenvalue weighted by molar-refractivity contribution is -0.139. The number of carbonyl (C=O) groups excluding carboxylic acids is 1. The van der Waals surface area contributed by atoms with E-state index < -0.39 is 0 Å². The topological polar surface area (TPSA) is 70.6 Å². The summed E-state index contributed by atoms with van der Waals surface area (Å²) in [6.45, 7) is 6.91. The van der Waals surface area contributed by atoms with Crippen LogP contribution in [-0.2, 0) is 16.1 Å². The summed E-state index contributed by atoms with van der Waals surface area (Å²) in [6.07, 6.45) is 4.79. The third-order valence-corrected chi connectivity index (χ3v) is 7.49. The first kappa shape index (κ1) is 22.3. The van der Waals surface area contributed by atoms with Crippen molar-refractivity contribution < 1.29 is 9.53 Å². The van der Waals surface area contributed by atoms with Crippen molar-refractivity contribution in [1.29, 1.82) is 0 Å². The van der Waals surface area contributed by atoms with Crippen LogP contribution in [0.3, 0.4) is 0 Å². The van der Waals surface area contributed by atoms with E-state index in [1.165, 1.54) is 11.1 Å². The van der Waals surface area contributed by atoms with Crippen molar-refractivity contribution in [2.75, 3.05) is 45.2 Å². The van der Waals surface area contributed by atoms with E-state index in [-0.39, 0.29) is 23.7 Å². The molecule has 1 aromatic carbocycles. The molecule has 4 heterocycles. The van der Waals surface area contributed by atoms with Gasteiger partial charge in [0.05, 0.1) is 12.2 Å². The standard InChI is InChI=1S/C26H35N5O2/c1-18-15-31(17-24-22(18)14-27-26(29-24)28-20-9-12-33-13-10-20)25(32)21-8-11-30(2)16-23(21)19-6-4-3-5-7-19/h3-7,14,18,20-21,23H,8-13,15-17H2,1-2H3,(H,27,28,29)/t18-,21-,23+/m0/s1. The minimum Gasteiger partial charge on any atom is -0.381 e. The van der Waals surface area contributed by atoms with Crippen LogP contribution in [0.15, 0.2) is 36.5 Å². The van der Waals surface area contributed by atoms with Crippen molar-refractivity contribution in [2.45, 2.75) is 50.6 Å². The Bertz CT molecular complexity index is 962. The molecular formula is C26H35N5O2. The van der Waals surface area contributed by atoms with E-state index in [0.29, 0.717) is 18.5 Å². The SMILES string of the molecule is C[C@H]1CN(C(=O)[C@H]2CCN(C)C[C@@H]2c2ccccc2)Cc2nc(NC3CCOCC3)ncc21. The van der Waals surface area contributed by atoms with Crippen LogP contribution in [-0.4, -0.2) is 71.6 Å². The molecule has 1 amide bonds. The van der Waals surface area contributed by atoms with Gasteiger partial charge in [-0.05, 0) is 44.0 Å². The summed E-state index contributed by atoms with van der Waals surface area (Å²) in [5, 5.41) is 3.48. The average Bonchev–Trinajstić information content (AvgIpc) is 2.84. The van der Waals surface area contributed by atoms with Gasteiger partial charge < -0.3 is 19.9 Å². The molecular weight excluding hydrogens is 414 g/mol. The van der Waals surface area contributed by atoms with Gasteiger partial charge in [-0.2, -0.15) is 0 Å². The van der Waals surface area contributed by atoms with Crippen LogP contribution in [0.1, 0.15) is 54.8 Å². The summed E-state index contributed by atoms with van der Waals surface area (Å²) in [7, 11) is 2.15. The second-order valence-corrected chi connectivity index (χ2v) is 9.92. The highest BCUT2D eigenvalue weighted by molar-refractivity contribution is 5.80. The van der Waals surface area contributed by atoms with E-state index in [0.717, 1.165) is 57.8 Å². The van der Waals surface area contributed by atoms with Gasteiger partial charge in [0, 0.05) is 56.3 Å². The van der Waals surface area contributed by atoms with Gasteiger partial charge in [-0.3, -0.25) is 4.79 Å². The number of amides is 1. The van der Waals surface area contributed by atoms with Crippen molar-refractivity contribution in [3.63, 3.8) is 0 Å². The van der Waals surface area contributed by atoms with E-state index in [2.05, 4.69) is 53.4 Å². The summed E-state index contributed by atoms with van der Waals surface area (Å²) in [6, 6.07) is 10.9. The fraction of sp³-hybridized carbons (Fsp3) is 0.577. The zero-order valence-corrected chi connectivity index (χ0v) is 19.7. The van der Waals surface area contributed by atoms with Crippen LogP contribution in [0.4, 0.5) is 5.95 Å². The first-order chi connectivity index (χ1) is 16.1. The van der Waals surface area contributed by atoms with Crippen LogP contribution in [0.5, 0.6) is 0 Å². The highest BCUT2D eigenvalue weighted by Crippen LogP contribution is 2.36. The molecule has 33 heavy (non-hydrogen) atoms. The van der Waals surface area contributed by atoms with Crippen LogP contribution in [0, 0.1) is 5.92 Å². The first-order valence-corrected chi connectivity index (χ1v) is 12.3. The highest BCUT2D eigenvalue weighted by Gasteiger charge is 2.38. The molecule has 0 bridgehead atoms. The Labute approximate surface area is 196 Å². The Morgan fingerprint density at radius 1 is 1.12 bits per heavy atom. The molecule has 0 aliphatic carbocycles. The largest absolute Gasteiger partial charge is 0.381 e. The number of likely N-dealkylation sites (tertiary alicyclic amines) is 1. The Balaban J connectivity index is 1.34. The predicted octanol–water partition coefficient (Wildman–Crippen LogP) is 3.25. The number of carbonyl (C=O) groups is 1. The van der Waals surface area contributed by atoms with E-state index in [4.69, 9.17) is 9.72 Å². The molecule has 0 unspecified atom stereocenters. The smallest absolute Gasteiger partial charge is 0.226 e. The number of nitrogens with one attached hydrogen (secondary N) is 1. The second-order valence-electron chi connectivity index (χ2n) is 9.92. The first-order valence-electron chi connectivity index (χ1n) is 12.3.